The van der Waals surface area contributed by atoms with E-state index in [1.165, 1.54) is 0 Å². The van der Waals surface area contributed by atoms with Gasteiger partial charge in [0, 0.05) is 12.1 Å². The standard InChI is InChI=1S/C11H17NO/c1-5-8-9-10(4)11(13)12(6-2)7-3/h5-6,8-9H,2,7H2,1,3-4H3/b8-5-,10-9+. The van der Waals surface area contributed by atoms with Gasteiger partial charge in [0.15, 0.2) is 0 Å². The van der Waals surface area contributed by atoms with Crippen LogP contribution in [0.5, 0.6) is 0 Å². The Morgan fingerprint density at radius 3 is 2.54 bits per heavy atom. The SMILES string of the molecule is C=CN(CC)C(=O)/C(C)=C/C=C\C. The first-order valence-electron chi connectivity index (χ1n) is 4.40. The Balaban J connectivity index is 4.48. The minimum atomic E-state index is 0.00981. The third-order valence-corrected chi connectivity index (χ3v) is 1.70. The summed E-state index contributed by atoms with van der Waals surface area (Å²) in [6.07, 6.45) is 7.09. The molecule has 0 saturated heterocycles. The van der Waals surface area contributed by atoms with Crippen molar-refractivity contribution in [2.45, 2.75) is 20.8 Å². The molecule has 1 amide bonds. The zero-order valence-corrected chi connectivity index (χ0v) is 8.58. The third-order valence-electron chi connectivity index (χ3n) is 1.70. The lowest BCUT2D eigenvalue weighted by molar-refractivity contribution is -0.124. The van der Waals surface area contributed by atoms with E-state index in [0.29, 0.717) is 6.54 Å². The lowest BCUT2D eigenvalue weighted by atomic mass is 10.2. The maximum Gasteiger partial charge on any atom is 0.253 e. The zero-order chi connectivity index (χ0) is 10.3. The molecule has 0 spiro atoms. The molecule has 0 aromatic carbocycles. The van der Waals surface area contributed by atoms with Crippen LogP contribution < -0.4 is 0 Å². The highest BCUT2D eigenvalue weighted by atomic mass is 16.2. The number of carbonyl (C=O) groups is 1. The molecule has 0 heterocycles. The average molecular weight is 179 g/mol. The first-order valence-corrected chi connectivity index (χ1v) is 4.40. The summed E-state index contributed by atoms with van der Waals surface area (Å²) in [5, 5.41) is 0. The summed E-state index contributed by atoms with van der Waals surface area (Å²) in [7, 11) is 0. The van der Waals surface area contributed by atoms with Crippen molar-refractivity contribution < 1.29 is 4.79 Å². The molecule has 0 aliphatic rings. The fourth-order valence-electron chi connectivity index (χ4n) is 0.894. The van der Waals surface area contributed by atoms with E-state index in [4.69, 9.17) is 0 Å². The Morgan fingerprint density at radius 1 is 1.54 bits per heavy atom. The van der Waals surface area contributed by atoms with E-state index in [1.807, 2.05) is 26.0 Å². The van der Waals surface area contributed by atoms with Crippen molar-refractivity contribution in [3.8, 4) is 0 Å². The molecule has 0 aromatic rings. The highest BCUT2D eigenvalue weighted by Crippen LogP contribution is 2.01. The van der Waals surface area contributed by atoms with E-state index in [-0.39, 0.29) is 5.91 Å². The van der Waals surface area contributed by atoms with E-state index in [9.17, 15) is 4.79 Å². The van der Waals surface area contributed by atoms with Crippen LogP contribution in [-0.2, 0) is 4.79 Å². The third kappa shape index (κ3) is 3.74. The Morgan fingerprint density at radius 2 is 2.15 bits per heavy atom. The fraction of sp³-hybridized carbons (Fsp3) is 0.364. The van der Waals surface area contributed by atoms with Crippen molar-refractivity contribution >= 4 is 5.91 Å². The first-order chi connectivity index (χ1) is 6.17. The number of hydrogen-bond acceptors (Lipinski definition) is 1. The summed E-state index contributed by atoms with van der Waals surface area (Å²) < 4.78 is 0. The molecule has 2 heteroatoms. The van der Waals surface area contributed by atoms with Crippen LogP contribution in [0.25, 0.3) is 0 Å². The minimum Gasteiger partial charge on any atom is -0.316 e. The summed E-state index contributed by atoms with van der Waals surface area (Å²) in [4.78, 5) is 13.1. The molecule has 0 aliphatic carbocycles. The van der Waals surface area contributed by atoms with Crippen LogP contribution in [-0.4, -0.2) is 17.4 Å². The monoisotopic (exact) mass is 179 g/mol. The van der Waals surface area contributed by atoms with Gasteiger partial charge in [-0.3, -0.25) is 4.79 Å². The summed E-state index contributed by atoms with van der Waals surface area (Å²) in [5.41, 5.74) is 0.722. The molecular weight excluding hydrogens is 162 g/mol. The topological polar surface area (TPSA) is 20.3 Å². The lowest BCUT2D eigenvalue weighted by Crippen LogP contribution is -2.25. The van der Waals surface area contributed by atoms with Crippen molar-refractivity contribution in [1.29, 1.82) is 0 Å². The molecule has 0 aromatic heterocycles. The molecule has 0 unspecified atom stereocenters. The molecule has 0 saturated carbocycles. The predicted molar refractivity (Wildman–Crippen MR) is 56.2 cm³/mol. The largest absolute Gasteiger partial charge is 0.316 e. The van der Waals surface area contributed by atoms with Crippen molar-refractivity contribution in [2.24, 2.45) is 0 Å². The summed E-state index contributed by atoms with van der Waals surface area (Å²) >= 11 is 0. The van der Waals surface area contributed by atoms with Crippen molar-refractivity contribution in [1.82, 2.24) is 4.90 Å². The molecule has 0 fully saturated rings. The maximum absolute atomic E-state index is 11.6. The Hall–Kier alpha value is -1.31. The molecule has 2 nitrogen and oxygen atoms in total. The smallest absolute Gasteiger partial charge is 0.253 e. The van der Waals surface area contributed by atoms with Crippen LogP contribution in [0.3, 0.4) is 0 Å². The number of hydrogen-bond donors (Lipinski definition) is 0. The quantitative estimate of drug-likeness (QED) is 0.479. The van der Waals surface area contributed by atoms with E-state index in [0.717, 1.165) is 5.57 Å². The Kier molecular flexibility index (Phi) is 5.60. The summed E-state index contributed by atoms with van der Waals surface area (Å²) in [6, 6.07) is 0. The first kappa shape index (κ1) is 11.7. The highest BCUT2D eigenvalue weighted by molar-refractivity contribution is 5.93. The van der Waals surface area contributed by atoms with E-state index < -0.39 is 0 Å². The Bertz CT molecular complexity index is 238. The van der Waals surface area contributed by atoms with Crippen LogP contribution in [0.1, 0.15) is 20.8 Å². The second-order valence-electron chi connectivity index (χ2n) is 2.65. The predicted octanol–water partition coefficient (Wildman–Crippen LogP) is 2.50. The van der Waals surface area contributed by atoms with E-state index in [2.05, 4.69) is 6.58 Å². The minimum absolute atomic E-state index is 0.00981. The molecule has 0 radical (unpaired) electrons. The molecule has 0 rings (SSSR count). The number of amides is 1. The molecule has 0 N–H and O–H groups in total. The van der Waals surface area contributed by atoms with Gasteiger partial charge in [0.2, 0.25) is 0 Å². The van der Waals surface area contributed by atoms with Gasteiger partial charge in [0.25, 0.3) is 5.91 Å². The van der Waals surface area contributed by atoms with Gasteiger partial charge in [-0.15, -0.1) is 0 Å². The van der Waals surface area contributed by atoms with Gasteiger partial charge in [-0.2, -0.15) is 0 Å². The van der Waals surface area contributed by atoms with Crippen LogP contribution in [0.2, 0.25) is 0 Å². The number of rotatable bonds is 4. The molecule has 0 aliphatic heterocycles. The van der Waals surface area contributed by atoms with Gasteiger partial charge in [-0.1, -0.05) is 24.8 Å². The number of nitrogens with zero attached hydrogens (tertiary/aromatic N) is 1. The number of carbonyl (C=O) groups excluding carboxylic acids is 1. The van der Waals surface area contributed by atoms with Crippen LogP contribution in [0.15, 0.2) is 36.6 Å². The van der Waals surface area contributed by atoms with Gasteiger partial charge in [-0.05, 0) is 27.0 Å². The molecular formula is C11H17NO. The van der Waals surface area contributed by atoms with Gasteiger partial charge in [0.1, 0.15) is 0 Å². The van der Waals surface area contributed by atoms with Gasteiger partial charge in [0.05, 0.1) is 0 Å². The van der Waals surface area contributed by atoms with E-state index >= 15 is 0 Å². The van der Waals surface area contributed by atoms with Crippen LogP contribution in [0, 0.1) is 0 Å². The average Bonchev–Trinajstić information content (AvgIpc) is 2.15. The fourth-order valence-corrected chi connectivity index (χ4v) is 0.894. The molecule has 72 valence electrons. The van der Waals surface area contributed by atoms with Gasteiger partial charge < -0.3 is 4.90 Å². The van der Waals surface area contributed by atoms with E-state index in [1.54, 1.807) is 24.1 Å². The van der Waals surface area contributed by atoms with Crippen LogP contribution in [0.4, 0.5) is 0 Å². The van der Waals surface area contributed by atoms with Gasteiger partial charge in [-0.25, -0.2) is 0 Å². The second kappa shape index (κ2) is 6.23. The van der Waals surface area contributed by atoms with Gasteiger partial charge >= 0.3 is 0 Å². The van der Waals surface area contributed by atoms with Crippen molar-refractivity contribution in [3.05, 3.63) is 36.6 Å². The number of allylic oxidation sites excluding steroid dienone is 3. The highest BCUT2D eigenvalue weighted by Gasteiger charge is 2.08. The molecule has 13 heavy (non-hydrogen) atoms. The maximum atomic E-state index is 11.6. The molecule has 0 bridgehead atoms. The summed E-state index contributed by atoms with van der Waals surface area (Å²) in [6.45, 7) is 9.87. The van der Waals surface area contributed by atoms with Crippen molar-refractivity contribution in [2.75, 3.05) is 6.54 Å². The number of likely N-dealkylation sites (N-methyl/N-ethyl adjacent to an activating group) is 1. The Labute approximate surface area is 80.2 Å². The van der Waals surface area contributed by atoms with Crippen LogP contribution >= 0.6 is 0 Å². The normalized spacial score (nSPS) is 11.8. The lowest BCUT2D eigenvalue weighted by Gasteiger charge is -2.15. The zero-order valence-electron chi connectivity index (χ0n) is 8.58. The summed E-state index contributed by atoms with van der Waals surface area (Å²) in [5.74, 6) is 0.00981. The molecule has 0 atom stereocenters. The van der Waals surface area contributed by atoms with Crippen molar-refractivity contribution in [3.63, 3.8) is 0 Å². The second-order valence-corrected chi connectivity index (χ2v) is 2.65.